The molecule has 0 saturated carbocycles. The van der Waals surface area contributed by atoms with Crippen LogP contribution < -0.4 is 16.0 Å². The molecule has 0 aliphatic carbocycles. The van der Waals surface area contributed by atoms with E-state index < -0.39 is 0 Å². The van der Waals surface area contributed by atoms with Crippen LogP contribution in [0.2, 0.25) is 0 Å². The van der Waals surface area contributed by atoms with E-state index in [0.717, 1.165) is 23.9 Å². The minimum atomic E-state index is -0.188. The number of pyridine rings is 1. The number of nitrogens with zero attached hydrogens (tertiary/aromatic N) is 2. The number of aromatic nitrogens is 1. The Morgan fingerprint density at radius 2 is 1.92 bits per heavy atom. The minimum absolute atomic E-state index is 0.115. The summed E-state index contributed by atoms with van der Waals surface area (Å²) in [5.41, 5.74) is 8.19. The number of amides is 1. The van der Waals surface area contributed by atoms with Gasteiger partial charge in [-0.05, 0) is 36.1 Å². The molecule has 0 radical (unpaired) electrons. The fraction of sp³-hybridized carbons (Fsp3) is 0.263. The van der Waals surface area contributed by atoms with E-state index in [4.69, 9.17) is 11.0 Å². The second-order valence-electron chi connectivity index (χ2n) is 5.83. The second-order valence-corrected chi connectivity index (χ2v) is 6.82. The third-order valence-corrected chi connectivity index (χ3v) is 5.05. The van der Waals surface area contributed by atoms with Gasteiger partial charge in [0.25, 0.3) is 5.82 Å². The summed E-state index contributed by atoms with van der Waals surface area (Å²) in [6, 6.07) is 13.1. The van der Waals surface area contributed by atoms with Gasteiger partial charge in [-0.1, -0.05) is 37.7 Å². The Morgan fingerprint density at radius 3 is 2.50 bits per heavy atom. The number of thioether (sulfide) groups is 1. The van der Waals surface area contributed by atoms with Crippen LogP contribution in [-0.2, 0) is 4.79 Å². The first kappa shape index (κ1) is 19.3. The molecule has 1 aromatic carbocycles. The summed E-state index contributed by atoms with van der Waals surface area (Å²) in [5, 5.41) is 21.4. The Balaban J connectivity index is 2.00. The molecule has 1 amide bonds. The maximum absolute atomic E-state index is 12.2. The van der Waals surface area contributed by atoms with Crippen LogP contribution in [0.4, 0.5) is 11.5 Å². The Bertz CT molecular complexity index is 881. The number of anilines is 2. The number of rotatable bonds is 6. The van der Waals surface area contributed by atoms with E-state index in [1.165, 1.54) is 11.6 Å². The molecule has 6 nitrogen and oxygen atoms in total. The number of hydrogen-bond acceptors (Lipinski definition) is 5. The van der Waals surface area contributed by atoms with Crippen molar-refractivity contribution in [2.45, 2.75) is 31.2 Å². The summed E-state index contributed by atoms with van der Waals surface area (Å²) < 4.78 is 0. The van der Waals surface area contributed by atoms with Crippen molar-refractivity contribution < 1.29 is 9.78 Å². The van der Waals surface area contributed by atoms with Gasteiger partial charge in [0.2, 0.25) is 5.91 Å². The lowest BCUT2D eigenvalue weighted by Gasteiger charge is -2.10. The van der Waals surface area contributed by atoms with Gasteiger partial charge >= 0.3 is 0 Å². The first-order valence-electron chi connectivity index (χ1n) is 8.17. The Hall–Kier alpha value is -3.03. The summed E-state index contributed by atoms with van der Waals surface area (Å²) in [7, 11) is 0. The number of aromatic amines is 1. The highest BCUT2D eigenvalue weighted by Gasteiger charge is 2.16. The monoisotopic (exact) mass is 366 g/mol. The number of hydrogen-bond donors (Lipinski definition) is 2. The van der Waals surface area contributed by atoms with Crippen LogP contribution in [0.25, 0.3) is 0 Å². The maximum atomic E-state index is 12.2. The largest absolute Gasteiger partial charge is 0.325 e. The predicted octanol–water partition coefficient (Wildman–Crippen LogP) is 3.07. The molecule has 0 aliphatic heterocycles. The highest BCUT2D eigenvalue weighted by atomic mass is 32.2. The van der Waals surface area contributed by atoms with Gasteiger partial charge in [-0.3, -0.25) is 10.5 Å². The van der Waals surface area contributed by atoms with Gasteiger partial charge in [0, 0.05) is 5.69 Å². The van der Waals surface area contributed by atoms with Gasteiger partial charge in [-0.2, -0.15) is 10.5 Å². The highest BCUT2D eigenvalue weighted by molar-refractivity contribution is 7.99. The second kappa shape index (κ2) is 8.89. The van der Waals surface area contributed by atoms with Gasteiger partial charge in [0.1, 0.15) is 23.3 Å². The molecule has 2 rings (SSSR count). The minimum Gasteiger partial charge on any atom is -0.325 e. The third-order valence-electron chi connectivity index (χ3n) is 4.04. The molecule has 1 aromatic heterocycles. The zero-order valence-corrected chi connectivity index (χ0v) is 15.5. The molecule has 4 N–H and O–H groups in total. The summed E-state index contributed by atoms with van der Waals surface area (Å²) >= 11 is 1.16. The average Bonchev–Trinajstić information content (AvgIpc) is 2.66. The molecule has 0 unspecified atom stereocenters. The molecular weight excluding hydrogens is 346 g/mol. The maximum Gasteiger partial charge on any atom is 0.289 e. The van der Waals surface area contributed by atoms with Crippen molar-refractivity contribution in [3.8, 4) is 12.1 Å². The van der Waals surface area contributed by atoms with Crippen molar-refractivity contribution in [2.24, 2.45) is 0 Å². The zero-order valence-electron chi connectivity index (χ0n) is 14.7. The van der Waals surface area contributed by atoms with E-state index >= 15 is 0 Å². The van der Waals surface area contributed by atoms with Crippen LogP contribution in [-0.4, -0.2) is 11.7 Å². The van der Waals surface area contributed by atoms with Crippen molar-refractivity contribution in [3.63, 3.8) is 0 Å². The van der Waals surface area contributed by atoms with Gasteiger partial charge in [-0.15, -0.1) is 0 Å². The SMILES string of the molecule is CC[C@@H](C)c1ccc(NC(=O)CSc2[nH+]c(N)c(C#N)cc2C#N)cc1. The Labute approximate surface area is 157 Å². The van der Waals surface area contributed by atoms with E-state index in [1.54, 1.807) is 0 Å². The fourth-order valence-electron chi connectivity index (χ4n) is 2.30. The van der Waals surface area contributed by atoms with Crippen molar-refractivity contribution in [2.75, 3.05) is 16.8 Å². The van der Waals surface area contributed by atoms with Gasteiger partial charge in [-0.25, -0.2) is 4.98 Å². The topological polar surface area (TPSA) is 117 Å². The fourth-order valence-corrected chi connectivity index (χ4v) is 3.09. The zero-order chi connectivity index (χ0) is 19.1. The van der Waals surface area contributed by atoms with Gasteiger partial charge in [0.15, 0.2) is 5.03 Å². The van der Waals surface area contributed by atoms with E-state index in [2.05, 4.69) is 24.1 Å². The van der Waals surface area contributed by atoms with E-state index in [9.17, 15) is 10.1 Å². The number of H-pyrrole nitrogens is 1. The molecule has 1 heterocycles. The quantitative estimate of drug-likeness (QED) is 0.762. The molecule has 26 heavy (non-hydrogen) atoms. The summed E-state index contributed by atoms with van der Waals surface area (Å²) in [4.78, 5) is 15.0. The molecule has 0 spiro atoms. The van der Waals surface area contributed by atoms with Crippen molar-refractivity contribution in [1.29, 1.82) is 10.5 Å². The molecule has 7 heteroatoms. The number of benzene rings is 1. The lowest BCUT2D eigenvalue weighted by atomic mass is 9.99. The summed E-state index contributed by atoms with van der Waals surface area (Å²) in [5.74, 6) is 0.586. The normalized spacial score (nSPS) is 11.2. The van der Waals surface area contributed by atoms with E-state index in [0.29, 0.717) is 10.9 Å². The van der Waals surface area contributed by atoms with E-state index in [-0.39, 0.29) is 28.6 Å². The summed E-state index contributed by atoms with van der Waals surface area (Å²) in [6.45, 7) is 4.30. The molecule has 0 bridgehead atoms. The van der Waals surface area contributed by atoms with Crippen LogP contribution in [0.15, 0.2) is 35.4 Å². The van der Waals surface area contributed by atoms with Crippen LogP contribution in [0.3, 0.4) is 0 Å². The first-order chi connectivity index (χ1) is 12.5. The lowest BCUT2D eigenvalue weighted by Crippen LogP contribution is -2.19. The lowest BCUT2D eigenvalue weighted by molar-refractivity contribution is -0.410. The number of nitriles is 2. The Kier molecular flexibility index (Phi) is 6.60. The van der Waals surface area contributed by atoms with Crippen LogP contribution in [0, 0.1) is 22.7 Å². The predicted molar refractivity (Wildman–Crippen MR) is 101 cm³/mol. The number of nitrogen functional groups attached to an aromatic ring is 1. The van der Waals surface area contributed by atoms with Crippen LogP contribution in [0.5, 0.6) is 0 Å². The number of nitrogens with two attached hydrogens (primary N) is 1. The molecule has 132 valence electrons. The molecule has 0 fully saturated rings. The molecule has 0 saturated heterocycles. The van der Waals surface area contributed by atoms with Crippen molar-refractivity contribution in [3.05, 3.63) is 47.0 Å². The third kappa shape index (κ3) is 4.75. The average molecular weight is 366 g/mol. The summed E-state index contributed by atoms with van der Waals surface area (Å²) in [6.07, 6.45) is 1.06. The van der Waals surface area contributed by atoms with E-state index in [1.807, 2.05) is 36.4 Å². The standard InChI is InChI=1S/C19H19N5OS/c1-3-12(2)13-4-6-16(7-5-13)23-17(25)11-26-19-15(10-21)8-14(9-20)18(22)24-19/h4-8,12H,3,11H2,1-2H3,(H2,22,24)(H,23,25)/p+1/t12-/m1/s1. The number of carbonyl (C=O) groups excluding carboxylic acids is 1. The smallest absolute Gasteiger partial charge is 0.289 e. The van der Waals surface area contributed by atoms with Gasteiger partial charge < -0.3 is 5.32 Å². The molecule has 2 aromatic rings. The van der Waals surface area contributed by atoms with Crippen LogP contribution in [0.1, 0.15) is 42.9 Å². The number of nitrogens with one attached hydrogen (secondary N) is 2. The van der Waals surface area contributed by atoms with Crippen LogP contribution >= 0.6 is 11.8 Å². The number of carbonyl (C=O) groups is 1. The molecular formula is C19H20N5OS+. The first-order valence-corrected chi connectivity index (χ1v) is 9.15. The van der Waals surface area contributed by atoms with Crippen molar-refractivity contribution >= 4 is 29.2 Å². The van der Waals surface area contributed by atoms with Gasteiger partial charge in [0.05, 0.1) is 5.75 Å². The highest BCUT2D eigenvalue weighted by Crippen LogP contribution is 2.22. The Morgan fingerprint density at radius 1 is 1.27 bits per heavy atom. The van der Waals surface area contributed by atoms with Crippen molar-refractivity contribution in [1.82, 2.24) is 0 Å². The molecule has 1 atom stereocenters. The molecule has 0 aliphatic rings.